The minimum absolute atomic E-state index is 0.178. The Labute approximate surface area is 117 Å². The van der Waals surface area contributed by atoms with E-state index in [4.69, 9.17) is 0 Å². The molecule has 2 aromatic rings. The first-order valence-corrected chi connectivity index (χ1v) is 6.86. The molecule has 94 valence electrons. The molecule has 0 radical (unpaired) electrons. The van der Waals surface area contributed by atoms with Gasteiger partial charge in [0.05, 0.1) is 6.21 Å². The van der Waals surface area contributed by atoms with E-state index in [1.165, 1.54) is 0 Å². The van der Waals surface area contributed by atoms with Gasteiger partial charge in [-0.25, -0.2) is 10.4 Å². The highest BCUT2D eigenvalue weighted by atomic mass is 79.9. The summed E-state index contributed by atoms with van der Waals surface area (Å²) < 4.78 is 2.77. The molecule has 1 N–H and O–H groups in total. The van der Waals surface area contributed by atoms with E-state index in [0.717, 1.165) is 15.2 Å². The maximum Gasteiger partial charge on any atom is 0.260 e. The molecule has 0 aromatic carbocycles. The number of thiophene rings is 1. The summed E-state index contributed by atoms with van der Waals surface area (Å²) in [6.45, 7) is 2.07. The molecule has 2 rings (SSSR count). The van der Waals surface area contributed by atoms with Crippen LogP contribution in [-0.2, 0) is 11.3 Å². The second-order valence-corrected chi connectivity index (χ2v) is 5.42. The molecule has 5 nitrogen and oxygen atoms in total. The molecule has 18 heavy (non-hydrogen) atoms. The first-order valence-electron chi connectivity index (χ1n) is 5.19. The second kappa shape index (κ2) is 5.92. The van der Waals surface area contributed by atoms with Crippen molar-refractivity contribution in [2.24, 2.45) is 5.10 Å². The fraction of sp³-hybridized carbons (Fsp3) is 0.182. The molecule has 0 saturated heterocycles. The van der Waals surface area contributed by atoms with Crippen molar-refractivity contribution in [1.82, 2.24) is 15.0 Å². The summed E-state index contributed by atoms with van der Waals surface area (Å²) >= 11 is 4.90. The summed E-state index contributed by atoms with van der Waals surface area (Å²) in [5, 5.41) is 5.85. The highest BCUT2D eigenvalue weighted by Gasteiger charge is 2.03. The Hall–Kier alpha value is -1.47. The van der Waals surface area contributed by atoms with E-state index < -0.39 is 0 Å². The summed E-state index contributed by atoms with van der Waals surface area (Å²) in [4.78, 5) is 16.6. The van der Waals surface area contributed by atoms with Gasteiger partial charge in [0, 0.05) is 27.1 Å². The molecule has 0 unspecified atom stereocenters. The number of rotatable bonds is 4. The Morgan fingerprint density at radius 2 is 2.56 bits per heavy atom. The summed E-state index contributed by atoms with van der Waals surface area (Å²) in [6.07, 6.45) is 5.04. The number of hydrogen-bond donors (Lipinski definition) is 1. The van der Waals surface area contributed by atoms with Gasteiger partial charge < -0.3 is 4.57 Å². The van der Waals surface area contributed by atoms with E-state index in [2.05, 4.69) is 31.4 Å². The molecule has 0 saturated carbocycles. The van der Waals surface area contributed by atoms with Crippen LogP contribution in [0, 0.1) is 6.92 Å². The van der Waals surface area contributed by atoms with Crippen LogP contribution >= 0.6 is 27.3 Å². The summed E-state index contributed by atoms with van der Waals surface area (Å²) in [5.41, 5.74) is 2.48. The third kappa shape index (κ3) is 3.51. The van der Waals surface area contributed by atoms with Crippen LogP contribution in [0.15, 0.2) is 33.4 Å². The van der Waals surface area contributed by atoms with Gasteiger partial charge in [-0.3, -0.25) is 4.79 Å². The predicted molar refractivity (Wildman–Crippen MR) is 74.7 cm³/mol. The highest BCUT2D eigenvalue weighted by Crippen LogP contribution is 2.17. The standard InChI is InChI=1S/C11H11BrN4OS/c1-8-13-2-3-16(8)6-11(17)15-14-5-10-4-9(12)7-18-10/h2-5,7H,6H2,1H3,(H,15,17)/b14-5+. The van der Waals surface area contributed by atoms with Crippen molar-refractivity contribution in [2.45, 2.75) is 13.5 Å². The minimum Gasteiger partial charge on any atom is -0.326 e. The number of imidazole rings is 1. The number of nitrogens with one attached hydrogen (secondary N) is 1. The van der Waals surface area contributed by atoms with E-state index in [1.807, 2.05) is 18.4 Å². The fourth-order valence-electron chi connectivity index (χ4n) is 1.32. The Bertz CT molecular complexity index is 575. The van der Waals surface area contributed by atoms with Crippen LogP contribution in [0.25, 0.3) is 0 Å². The molecule has 0 aliphatic heterocycles. The first kappa shape index (κ1) is 13.0. The molecule has 0 aliphatic carbocycles. The van der Waals surface area contributed by atoms with Crippen molar-refractivity contribution in [3.63, 3.8) is 0 Å². The van der Waals surface area contributed by atoms with Crippen molar-refractivity contribution >= 4 is 39.4 Å². The topological polar surface area (TPSA) is 59.3 Å². The lowest BCUT2D eigenvalue weighted by atomic mass is 10.5. The van der Waals surface area contributed by atoms with Gasteiger partial charge in [0.1, 0.15) is 12.4 Å². The molecule has 2 aromatic heterocycles. The average molecular weight is 327 g/mol. The lowest BCUT2D eigenvalue weighted by Crippen LogP contribution is -2.23. The molecule has 2 heterocycles. The van der Waals surface area contributed by atoms with Crippen LogP contribution in [-0.4, -0.2) is 21.7 Å². The Kier molecular flexibility index (Phi) is 4.27. The van der Waals surface area contributed by atoms with Gasteiger partial charge in [0.2, 0.25) is 0 Å². The zero-order valence-electron chi connectivity index (χ0n) is 9.63. The van der Waals surface area contributed by atoms with Crippen molar-refractivity contribution in [2.75, 3.05) is 0 Å². The van der Waals surface area contributed by atoms with Crippen LogP contribution in [0.2, 0.25) is 0 Å². The molecule has 0 spiro atoms. The van der Waals surface area contributed by atoms with Crippen molar-refractivity contribution < 1.29 is 4.79 Å². The summed E-state index contributed by atoms with van der Waals surface area (Å²) in [5.74, 6) is 0.624. The lowest BCUT2D eigenvalue weighted by molar-refractivity contribution is -0.121. The average Bonchev–Trinajstić information content (AvgIpc) is 2.89. The number of halogens is 1. The van der Waals surface area contributed by atoms with Crippen LogP contribution in [0.3, 0.4) is 0 Å². The van der Waals surface area contributed by atoms with E-state index in [9.17, 15) is 4.79 Å². The highest BCUT2D eigenvalue weighted by molar-refractivity contribution is 9.10. The van der Waals surface area contributed by atoms with Gasteiger partial charge in [-0.2, -0.15) is 5.10 Å². The van der Waals surface area contributed by atoms with Crippen molar-refractivity contribution in [3.05, 3.63) is 39.0 Å². The molecule has 0 atom stereocenters. The molecule has 7 heteroatoms. The molecule has 0 fully saturated rings. The Morgan fingerprint density at radius 1 is 1.72 bits per heavy atom. The van der Waals surface area contributed by atoms with E-state index in [1.54, 1.807) is 34.5 Å². The number of aromatic nitrogens is 2. The molecule has 0 bridgehead atoms. The summed E-state index contributed by atoms with van der Waals surface area (Å²) in [6, 6.07) is 1.93. The number of carbonyl (C=O) groups excluding carboxylic acids is 1. The van der Waals surface area contributed by atoms with E-state index in [-0.39, 0.29) is 12.5 Å². The number of nitrogens with zero attached hydrogens (tertiary/aromatic N) is 3. The molecule has 1 amide bonds. The number of amides is 1. The Balaban J connectivity index is 1.85. The van der Waals surface area contributed by atoms with Gasteiger partial charge in [-0.15, -0.1) is 11.3 Å². The van der Waals surface area contributed by atoms with E-state index in [0.29, 0.717) is 0 Å². The summed E-state index contributed by atoms with van der Waals surface area (Å²) in [7, 11) is 0. The molecular formula is C11H11BrN4OS. The lowest BCUT2D eigenvalue weighted by Gasteiger charge is -2.02. The van der Waals surface area contributed by atoms with Gasteiger partial charge in [0.25, 0.3) is 5.91 Å². The van der Waals surface area contributed by atoms with Gasteiger partial charge >= 0.3 is 0 Å². The van der Waals surface area contributed by atoms with Crippen molar-refractivity contribution in [1.29, 1.82) is 0 Å². The normalized spacial score (nSPS) is 11.0. The molecular weight excluding hydrogens is 316 g/mol. The minimum atomic E-state index is -0.178. The number of hydrogen-bond acceptors (Lipinski definition) is 4. The van der Waals surface area contributed by atoms with Gasteiger partial charge in [-0.1, -0.05) is 0 Å². The third-order valence-electron chi connectivity index (χ3n) is 2.21. The first-order chi connectivity index (χ1) is 8.65. The van der Waals surface area contributed by atoms with Gasteiger partial charge in [-0.05, 0) is 28.9 Å². The fourth-order valence-corrected chi connectivity index (χ4v) is 2.63. The van der Waals surface area contributed by atoms with E-state index >= 15 is 0 Å². The third-order valence-corrected chi connectivity index (χ3v) is 3.83. The zero-order chi connectivity index (χ0) is 13.0. The smallest absolute Gasteiger partial charge is 0.260 e. The second-order valence-electron chi connectivity index (χ2n) is 3.56. The van der Waals surface area contributed by atoms with Crippen molar-refractivity contribution in [3.8, 4) is 0 Å². The zero-order valence-corrected chi connectivity index (χ0v) is 12.0. The maximum atomic E-state index is 11.6. The Morgan fingerprint density at radius 3 is 3.17 bits per heavy atom. The van der Waals surface area contributed by atoms with Crippen LogP contribution < -0.4 is 5.43 Å². The largest absolute Gasteiger partial charge is 0.326 e. The quantitative estimate of drug-likeness (QED) is 0.691. The number of carbonyl (C=O) groups is 1. The van der Waals surface area contributed by atoms with Crippen LogP contribution in [0.4, 0.5) is 0 Å². The number of hydrazone groups is 1. The monoisotopic (exact) mass is 326 g/mol. The maximum absolute atomic E-state index is 11.6. The number of aryl methyl sites for hydroxylation is 1. The van der Waals surface area contributed by atoms with Crippen LogP contribution in [0.5, 0.6) is 0 Å². The van der Waals surface area contributed by atoms with Gasteiger partial charge in [0.15, 0.2) is 0 Å². The predicted octanol–water partition coefficient (Wildman–Crippen LogP) is 2.17. The SMILES string of the molecule is Cc1nccn1CC(=O)N/N=C/c1cc(Br)cs1. The molecule has 0 aliphatic rings. The van der Waals surface area contributed by atoms with Crippen LogP contribution in [0.1, 0.15) is 10.7 Å².